The molecule has 3 N–H and O–H groups in total. The molecule has 122 valence electrons. The van der Waals surface area contributed by atoms with Crippen LogP contribution < -0.4 is 11.1 Å². The number of piperidine rings is 1. The Labute approximate surface area is 149 Å². The van der Waals surface area contributed by atoms with Crippen LogP contribution in [0.25, 0.3) is 0 Å². The van der Waals surface area contributed by atoms with Gasteiger partial charge in [-0.05, 0) is 43.4 Å². The summed E-state index contributed by atoms with van der Waals surface area (Å²) in [7, 11) is 1.64. The fourth-order valence-corrected chi connectivity index (χ4v) is 2.53. The van der Waals surface area contributed by atoms with Gasteiger partial charge in [0, 0.05) is 32.2 Å². The molecule has 0 saturated carbocycles. The van der Waals surface area contributed by atoms with Crippen LogP contribution in [0.15, 0.2) is 29.3 Å². The number of rotatable bonds is 4. The highest BCUT2D eigenvalue weighted by atomic mass is 127. The molecule has 0 unspecified atom stereocenters. The molecule has 0 aromatic heterocycles. The number of likely N-dealkylation sites (tertiary alicyclic amines) is 1. The summed E-state index contributed by atoms with van der Waals surface area (Å²) in [6.45, 7) is 2.68. The van der Waals surface area contributed by atoms with Crippen molar-refractivity contribution >= 4 is 35.8 Å². The van der Waals surface area contributed by atoms with Crippen molar-refractivity contribution in [1.82, 2.24) is 10.2 Å². The molecule has 1 fully saturated rings. The number of amides is 1. The topological polar surface area (TPSA) is 70.7 Å². The third-order valence-electron chi connectivity index (χ3n) is 3.77. The lowest BCUT2D eigenvalue weighted by Crippen LogP contribution is -2.41. The molecule has 2 rings (SSSR count). The summed E-state index contributed by atoms with van der Waals surface area (Å²) in [4.78, 5) is 18.2. The van der Waals surface area contributed by atoms with E-state index in [2.05, 4.69) is 15.2 Å². The summed E-state index contributed by atoms with van der Waals surface area (Å²) in [5.74, 6) is 0.588. The van der Waals surface area contributed by atoms with Crippen LogP contribution in [0.2, 0.25) is 0 Å². The molecule has 1 aliphatic heterocycles. The smallest absolute Gasteiger partial charge is 0.251 e. The number of carbonyl (C=O) groups is 1. The van der Waals surface area contributed by atoms with Gasteiger partial charge in [-0.25, -0.2) is 0 Å². The van der Waals surface area contributed by atoms with Gasteiger partial charge in [-0.1, -0.05) is 12.1 Å². The molecule has 1 heterocycles. The Kier molecular flexibility index (Phi) is 8.22. The van der Waals surface area contributed by atoms with Crippen LogP contribution in [-0.2, 0) is 6.42 Å². The fraction of sp³-hybridized carbons (Fsp3) is 0.500. The van der Waals surface area contributed by atoms with Crippen LogP contribution in [0.3, 0.4) is 0 Å². The zero-order valence-corrected chi connectivity index (χ0v) is 15.4. The van der Waals surface area contributed by atoms with Gasteiger partial charge >= 0.3 is 0 Å². The molecule has 5 nitrogen and oxygen atoms in total. The maximum absolute atomic E-state index is 11.6. The van der Waals surface area contributed by atoms with Crippen LogP contribution >= 0.6 is 24.0 Å². The van der Waals surface area contributed by atoms with Crippen molar-refractivity contribution in [3.8, 4) is 0 Å². The van der Waals surface area contributed by atoms with E-state index in [1.165, 1.54) is 19.3 Å². The molecule has 22 heavy (non-hydrogen) atoms. The minimum absolute atomic E-state index is 0. The van der Waals surface area contributed by atoms with Crippen LogP contribution in [0, 0.1) is 0 Å². The first-order valence-electron chi connectivity index (χ1n) is 7.56. The predicted octanol–water partition coefficient (Wildman–Crippen LogP) is 2.01. The van der Waals surface area contributed by atoms with E-state index >= 15 is 0 Å². The van der Waals surface area contributed by atoms with Gasteiger partial charge in [0.2, 0.25) is 0 Å². The summed E-state index contributed by atoms with van der Waals surface area (Å²) >= 11 is 0. The van der Waals surface area contributed by atoms with E-state index in [9.17, 15) is 4.79 Å². The second-order valence-electron chi connectivity index (χ2n) is 5.32. The van der Waals surface area contributed by atoms with Gasteiger partial charge in [-0.2, -0.15) is 0 Å². The van der Waals surface area contributed by atoms with Crippen molar-refractivity contribution in [1.29, 1.82) is 0 Å². The van der Waals surface area contributed by atoms with E-state index < -0.39 is 0 Å². The van der Waals surface area contributed by atoms with Gasteiger partial charge in [-0.3, -0.25) is 9.79 Å². The van der Waals surface area contributed by atoms with Crippen LogP contribution in [0.4, 0.5) is 0 Å². The number of halogens is 1. The predicted molar refractivity (Wildman–Crippen MR) is 101 cm³/mol. The maximum Gasteiger partial charge on any atom is 0.251 e. The minimum Gasteiger partial charge on any atom is -0.370 e. The van der Waals surface area contributed by atoms with E-state index in [0.29, 0.717) is 18.1 Å². The molecule has 0 bridgehead atoms. The van der Waals surface area contributed by atoms with E-state index in [1.807, 2.05) is 24.3 Å². The molecule has 0 atom stereocenters. The number of carbonyl (C=O) groups excluding carboxylic acids is 1. The number of nitrogens with one attached hydrogen (secondary N) is 1. The Morgan fingerprint density at radius 3 is 2.73 bits per heavy atom. The number of benzene rings is 1. The SMILES string of the molecule is CNC(=O)c1cccc(CCN=C(N)N2CCCCC2)c1.I. The molecular formula is C16H25IN4O. The highest BCUT2D eigenvalue weighted by molar-refractivity contribution is 14.0. The van der Waals surface area contributed by atoms with Gasteiger partial charge in [-0.15, -0.1) is 24.0 Å². The van der Waals surface area contributed by atoms with Crippen molar-refractivity contribution in [3.63, 3.8) is 0 Å². The molecule has 1 aromatic carbocycles. The zero-order valence-electron chi connectivity index (χ0n) is 13.0. The Balaban J connectivity index is 0.00000242. The van der Waals surface area contributed by atoms with Gasteiger partial charge in [0.25, 0.3) is 5.91 Å². The Bertz CT molecular complexity index is 513. The van der Waals surface area contributed by atoms with E-state index in [4.69, 9.17) is 5.73 Å². The minimum atomic E-state index is -0.0619. The molecular weight excluding hydrogens is 391 g/mol. The second-order valence-corrected chi connectivity index (χ2v) is 5.32. The molecule has 0 radical (unpaired) electrons. The van der Waals surface area contributed by atoms with Gasteiger partial charge < -0.3 is 16.0 Å². The van der Waals surface area contributed by atoms with Crippen molar-refractivity contribution in [2.45, 2.75) is 25.7 Å². The molecule has 6 heteroatoms. The number of hydrogen-bond donors (Lipinski definition) is 2. The summed E-state index contributed by atoms with van der Waals surface area (Å²) in [5, 5.41) is 2.63. The first-order valence-corrected chi connectivity index (χ1v) is 7.56. The van der Waals surface area contributed by atoms with E-state index in [0.717, 1.165) is 25.1 Å². The second kappa shape index (κ2) is 9.66. The summed E-state index contributed by atoms with van der Waals surface area (Å²) in [6.07, 6.45) is 4.48. The lowest BCUT2D eigenvalue weighted by Gasteiger charge is -2.27. The van der Waals surface area contributed by atoms with E-state index in [1.54, 1.807) is 7.05 Å². The molecule has 0 spiro atoms. The number of hydrogen-bond acceptors (Lipinski definition) is 2. The van der Waals surface area contributed by atoms with Crippen molar-refractivity contribution in [3.05, 3.63) is 35.4 Å². The van der Waals surface area contributed by atoms with Gasteiger partial charge in [0.1, 0.15) is 0 Å². The first kappa shape index (κ1) is 18.7. The van der Waals surface area contributed by atoms with Gasteiger partial charge in [0.05, 0.1) is 0 Å². The lowest BCUT2D eigenvalue weighted by molar-refractivity contribution is 0.0963. The highest BCUT2D eigenvalue weighted by Gasteiger charge is 2.11. The third kappa shape index (κ3) is 5.47. The van der Waals surface area contributed by atoms with Crippen LogP contribution in [0.5, 0.6) is 0 Å². The number of nitrogens with zero attached hydrogens (tertiary/aromatic N) is 2. The average molecular weight is 416 g/mol. The fourth-order valence-electron chi connectivity index (χ4n) is 2.53. The van der Waals surface area contributed by atoms with Crippen molar-refractivity contribution < 1.29 is 4.79 Å². The quantitative estimate of drug-likeness (QED) is 0.448. The standard InChI is InChI=1S/C16H24N4O.HI/c1-18-15(21)14-7-5-6-13(12-14)8-9-19-16(17)20-10-3-2-4-11-20;/h5-7,12H,2-4,8-11H2,1H3,(H2,17,19)(H,18,21);1H. The monoisotopic (exact) mass is 416 g/mol. The zero-order chi connectivity index (χ0) is 15.1. The highest BCUT2D eigenvalue weighted by Crippen LogP contribution is 2.09. The lowest BCUT2D eigenvalue weighted by atomic mass is 10.1. The largest absolute Gasteiger partial charge is 0.370 e. The summed E-state index contributed by atoms with van der Waals surface area (Å²) < 4.78 is 0. The Morgan fingerprint density at radius 2 is 2.05 bits per heavy atom. The Hall–Kier alpha value is -1.31. The Morgan fingerprint density at radius 1 is 1.32 bits per heavy atom. The van der Waals surface area contributed by atoms with Crippen molar-refractivity contribution in [2.24, 2.45) is 10.7 Å². The summed E-state index contributed by atoms with van der Waals surface area (Å²) in [5.41, 5.74) is 7.81. The van der Waals surface area contributed by atoms with Crippen LogP contribution in [0.1, 0.15) is 35.2 Å². The normalized spacial score (nSPS) is 15.1. The maximum atomic E-state index is 11.6. The van der Waals surface area contributed by atoms with Gasteiger partial charge in [0.15, 0.2) is 5.96 Å². The molecule has 0 aliphatic carbocycles. The number of aliphatic imine (C=N–C) groups is 1. The van der Waals surface area contributed by atoms with Crippen LogP contribution in [-0.4, -0.2) is 43.4 Å². The molecule has 1 aliphatic rings. The molecule has 1 aromatic rings. The third-order valence-corrected chi connectivity index (χ3v) is 3.77. The molecule has 1 saturated heterocycles. The summed E-state index contributed by atoms with van der Waals surface area (Å²) in [6, 6.07) is 7.63. The number of nitrogens with two attached hydrogens (primary N) is 1. The van der Waals surface area contributed by atoms with E-state index in [-0.39, 0.29) is 29.9 Å². The first-order chi connectivity index (χ1) is 10.2. The van der Waals surface area contributed by atoms with Crippen molar-refractivity contribution in [2.75, 3.05) is 26.7 Å². The molecule has 1 amide bonds. The number of guanidine groups is 1. The average Bonchev–Trinajstić information content (AvgIpc) is 2.55.